The van der Waals surface area contributed by atoms with Crippen LogP contribution in [0.5, 0.6) is 0 Å². The van der Waals surface area contributed by atoms with Crippen molar-refractivity contribution in [2.45, 2.75) is 52.1 Å². The van der Waals surface area contributed by atoms with Gasteiger partial charge in [0.15, 0.2) is 5.78 Å². The minimum absolute atomic E-state index is 0.314. The Labute approximate surface area is 107 Å². The quantitative estimate of drug-likeness (QED) is 0.550. The van der Waals surface area contributed by atoms with Gasteiger partial charge in [-0.1, -0.05) is 39.0 Å². The second-order valence-corrected chi connectivity index (χ2v) is 5.74. The SMILES string of the molecule is CCc1cccc(CC)c1C(=O)CCC(C)P. The number of carbonyl (C=O) groups excluding carboxylic acids is 1. The Balaban J connectivity index is 2.97. The van der Waals surface area contributed by atoms with E-state index in [2.05, 4.69) is 48.2 Å². The molecule has 0 fully saturated rings. The van der Waals surface area contributed by atoms with Crippen LogP contribution in [0.25, 0.3) is 0 Å². The first-order valence-corrected chi connectivity index (χ1v) is 7.16. The van der Waals surface area contributed by atoms with E-state index in [-0.39, 0.29) is 0 Å². The molecule has 0 aliphatic rings. The molecular formula is C15H23OP. The molecule has 0 bridgehead atoms. The van der Waals surface area contributed by atoms with Gasteiger partial charge >= 0.3 is 0 Å². The van der Waals surface area contributed by atoms with Gasteiger partial charge in [0.05, 0.1) is 0 Å². The molecule has 0 heterocycles. The van der Waals surface area contributed by atoms with Gasteiger partial charge in [-0.2, -0.15) is 0 Å². The van der Waals surface area contributed by atoms with Crippen LogP contribution in [0.2, 0.25) is 0 Å². The van der Waals surface area contributed by atoms with E-state index in [1.165, 1.54) is 11.1 Å². The lowest BCUT2D eigenvalue weighted by Gasteiger charge is -2.12. The summed E-state index contributed by atoms with van der Waals surface area (Å²) in [5.74, 6) is 0.314. The van der Waals surface area contributed by atoms with Crippen molar-refractivity contribution in [2.24, 2.45) is 0 Å². The highest BCUT2D eigenvalue weighted by Gasteiger charge is 2.14. The maximum absolute atomic E-state index is 12.3. The Morgan fingerprint density at radius 2 is 1.76 bits per heavy atom. The second kappa shape index (κ2) is 6.91. The van der Waals surface area contributed by atoms with Crippen LogP contribution in [0.1, 0.15) is 55.1 Å². The molecule has 0 saturated heterocycles. The summed E-state index contributed by atoms with van der Waals surface area (Å²) in [6.45, 7) is 6.36. The summed E-state index contributed by atoms with van der Waals surface area (Å²) in [6.07, 6.45) is 3.48. The molecule has 0 saturated carbocycles. The topological polar surface area (TPSA) is 17.1 Å². The number of benzene rings is 1. The molecule has 0 aromatic heterocycles. The summed E-state index contributed by atoms with van der Waals surface area (Å²) in [4.78, 5) is 12.3. The zero-order valence-electron chi connectivity index (χ0n) is 11.1. The highest BCUT2D eigenvalue weighted by atomic mass is 31.0. The summed E-state index contributed by atoms with van der Waals surface area (Å²) in [7, 11) is 2.76. The molecule has 94 valence electrons. The molecule has 17 heavy (non-hydrogen) atoms. The molecule has 2 unspecified atom stereocenters. The number of aryl methyl sites for hydroxylation is 2. The number of ketones is 1. The van der Waals surface area contributed by atoms with Gasteiger partial charge in [0, 0.05) is 12.0 Å². The van der Waals surface area contributed by atoms with Crippen molar-refractivity contribution in [3.63, 3.8) is 0 Å². The largest absolute Gasteiger partial charge is 0.294 e. The Bertz CT molecular complexity index is 360. The summed E-state index contributed by atoms with van der Waals surface area (Å²) in [6, 6.07) is 6.22. The van der Waals surface area contributed by atoms with Gasteiger partial charge in [-0.05, 0) is 36.0 Å². The molecule has 0 radical (unpaired) electrons. The number of rotatable bonds is 6. The maximum atomic E-state index is 12.3. The average Bonchev–Trinajstić information content (AvgIpc) is 2.34. The Hall–Kier alpha value is -0.680. The van der Waals surface area contributed by atoms with Crippen molar-refractivity contribution in [3.8, 4) is 0 Å². The fraction of sp³-hybridized carbons (Fsp3) is 0.533. The summed E-state index contributed by atoms with van der Waals surface area (Å²) < 4.78 is 0. The number of hydrogen-bond donors (Lipinski definition) is 0. The second-order valence-electron chi connectivity index (χ2n) is 4.60. The number of hydrogen-bond acceptors (Lipinski definition) is 1. The van der Waals surface area contributed by atoms with Crippen LogP contribution in [-0.4, -0.2) is 11.4 Å². The van der Waals surface area contributed by atoms with E-state index < -0.39 is 0 Å². The van der Waals surface area contributed by atoms with Crippen molar-refractivity contribution in [1.29, 1.82) is 0 Å². The Morgan fingerprint density at radius 3 is 2.18 bits per heavy atom. The molecule has 1 nitrogen and oxygen atoms in total. The first-order chi connectivity index (χ1) is 8.10. The van der Waals surface area contributed by atoms with Gasteiger partial charge in [-0.25, -0.2) is 0 Å². The molecule has 2 heteroatoms. The molecule has 2 atom stereocenters. The molecule has 1 aromatic rings. The molecule has 0 amide bonds. The van der Waals surface area contributed by atoms with Crippen molar-refractivity contribution < 1.29 is 4.79 Å². The molecule has 0 N–H and O–H groups in total. The molecule has 0 spiro atoms. The maximum Gasteiger partial charge on any atom is 0.163 e. The van der Waals surface area contributed by atoms with Crippen LogP contribution in [0.15, 0.2) is 18.2 Å². The molecule has 0 aliphatic carbocycles. The molecule has 0 aliphatic heterocycles. The number of carbonyl (C=O) groups is 1. The smallest absolute Gasteiger partial charge is 0.163 e. The van der Waals surface area contributed by atoms with Crippen molar-refractivity contribution in [1.82, 2.24) is 0 Å². The lowest BCUT2D eigenvalue weighted by atomic mass is 9.92. The van der Waals surface area contributed by atoms with E-state index in [0.717, 1.165) is 24.8 Å². The van der Waals surface area contributed by atoms with Crippen LogP contribution in [0, 0.1) is 0 Å². The van der Waals surface area contributed by atoms with Crippen LogP contribution in [0.3, 0.4) is 0 Å². The van der Waals surface area contributed by atoms with E-state index in [1.54, 1.807) is 0 Å². The monoisotopic (exact) mass is 250 g/mol. The Morgan fingerprint density at radius 1 is 1.24 bits per heavy atom. The predicted octanol–water partition coefficient (Wildman–Crippen LogP) is 4.04. The van der Waals surface area contributed by atoms with Crippen LogP contribution in [-0.2, 0) is 12.8 Å². The van der Waals surface area contributed by atoms with E-state index >= 15 is 0 Å². The minimum Gasteiger partial charge on any atom is -0.294 e. The van der Waals surface area contributed by atoms with Gasteiger partial charge in [-0.3, -0.25) is 4.79 Å². The third-order valence-corrected chi connectivity index (χ3v) is 3.44. The van der Waals surface area contributed by atoms with Crippen LogP contribution in [0.4, 0.5) is 0 Å². The van der Waals surface area contributed by atoms with Gasteiger partial charge in [-0.15, -0.1) is 9.24 Å². The minimum atomic E-state index is 0.314. The summed E-state index contributed by atoms with van der Waals surface area (Å²) in [5, 5.41) is 0. The normalized spacial score (nSPS) is 12.5. The van der Waals surface area contributed by atoms with Crippen molar-refractivity contribution in [3.05, 3.63) is 34.9 Å². The van der Waals surface area contributed by atoms with E-state index in [4.69, 9.17) is 0 Å². The van der Waals surface area contributed by atoms with Gasteiger partial charge < -0.3 is 0 Å². The third kappa shape index (κ3) is 3.92. The Kier molecular flexibility index (Phi) is 5.85. The number of Topliss-reactive ketones (excluding diaryl/α,β-unsaturated/α-hetero) is 1. The zero-order chi connectivity index (χ0) is 12.8. The van der Waals surface area contributed by atoms with Crippen molar-refractivity contribution >= 4 is 15.0 Å². The molecular weight excluding hydrogens is 227 g/mol. The summed E-state index contributed by atoms with van der Waals surface area (Å²) in [5.41, 5.74) is 3.90. The fourth-order valence-electron chi connectivity index (χ4n) is 2.08. The predicted molar refractivity (Wildman–Crippen MR) is 77.9 cm³/mol. The first-order valence-electron chi connectivity index (χ1n) is 6.49. The fourth-order valence-corrected chi connectivity index (χ4v) is 2.25. The van der Waals surface area contributed by atoms with E-state index in [9.17, 15) is 4.79 Å². The average molecular weight is 250 g/mol. The molecule has 1 aromatic carbocycles. The van der Waals surface area contributed by atoms with Crippen LogP contribution < -0.4 is 0 Å². The van der Waals surface area contributed by atoms with E-state index in [1.807, 2.05) is 0 Å². The van der Waals surface area contributed by atoms with Gasteiger partial charge in [0.1, 0.15) is 0 Å². The van der Waals surface area contributed by atoms with Crippen molar-refractivity contribution in [2.75, 3.05) is 0 Å². The van der Waals surface area contributed by atoms with Gasteiger partial charge in [0.2, 0.25) is 0 Å². The first kappa shape index (κ1) is 14.4. The van der Waals surface area contributed by atoms with Crippen LogP contribution >= 0.6 is 9.24 Å². The molecule has 1 rings (SSSR count). The lowest BCUT2D eigenvalue weighted by molar-refractivity contribution is 0.0978. The lowest BCUT2D eigenvalue weighted by Crippen LogP contribution is -2.09. The third-order valence-electron chi connectivity index (χ3n) is 3.10. The van der Waals surface area contributed by atoms with Gasteiger partial charge in [0.25, 0.3) is 0 Å². The highest BCUT2D eigenvalue weighted by Crippen LogP contribution is 2.20. The highest BCUT2D eigenvalue weighted by molar-refractivity contribution is 7.17. The van der Waals surface area contributed by atoms with E-state index in [0.29, 0.717) is 17.9 Å². The summed E-state index contributed by atoms with van der Waals surface area (Å²) >= 11 is 0. The standard InChI is InChI=1S/C15H23OP/c1-4-12-7-6-8-13(5-2)15(12)14(16)10-9-11(3)17/h6-8,11H,4-5,9-10,17H2,1-3H3. The zero-order valence-corrected chi connectivity index (χ0v) is 12.3.